The number of ether oxygens (including phenoxy) is 1. The third kappa shape index (κ3) is 5.47. The standard InChI is InChI=1S/C14H28N2O3/c1-10(2)15-11(12(17)18)7-16-8-13(3,4)19-14(5,6)9-16/h10-11,15H,7-9H2,1-6H3,(H,17,18). The second-order valence-electron chi connectivity index (χ2n) is 7.00. The monoisotopic (exact) mass is 272 g/mol. The van der Waals surface area contributed by atoms with Crippen LogP contribution in [0, 0.1) is 0 Å². The van der Waals surface area contributed by atoms with Gasteiger partial charge in [0, 0.05) is 25.7 Å². The summed E-state index contributed by atoms with van der Waals surface area (Å²) in [5, 5.41) is 12.4. The van der Waals surface area contributed by atoms with Gasteiger partial charge < -0.3 is 15.2 Å². The Morgan fingerprint density at radius 2 is 1.74 bits per heavy atom. The molecule has 5 nitrogen and oxygen atoms in total. The third-order valence-corrected chi connectivity index (χ3v) is 3.03. The van der Waals surface area contributed by atoms with E-state index in [0.29, 0.717) is 6.54 Å². The van der Waals surface area contributed by atoms with Gasteiger partial charge in [0.2, 0.25) is 0 Å². The molecule has 1 aliphatic heterocycles. The van der Waals surface area contributed by atoms with E-state index in [2.05, 4.69) is 10.2 Å². The third-order valence-electron chi connectivity index (χ3n) is 3.03. The van der Waals surface area contributed by atoms with Crippen molar-refractivity contribution in [1.82, 2.24) is 10.2 Å². The molecular formula is C14H28N2O3. The van der Waals surface area contributed by atoms with Gasteiger partial charge in [0.1, 0.15) is 6.04 Å². The molecule has 0 aliphatic carbocycles. The first-order chi connectivity index (χ1) is 8.51. The zero-order valence-corrected chi connectivity index (χ0v) is 13.0. The highest BCUT2D eigenvalue weighted by Gasteiger charge is 2.39. The van der Waals surface area contributed by atoms with Crippen molar-refractivity contribution < 1.29 is 14.6 Å². The molecule has 0 aromatic heterocycles. The highest BCUT2D eigenvalue weighted by Crippen LogP contribution is 2.27. The quantitative estimate of drug-likeness (QED) is 0.790. The summed E-state index contributed by atoms with van der Waals surface area (Å²) >= 11 is 0. The van der Waals surface area contributed by atoms with Gasteiger partial charge in [-0.25, -0.2) is 0 Å². The summed E-state index contributed by atoms with van der Waals surface area (Å²) in [6.45, 7) is 14.1. The number of carboxylic acids is 1. The van der Waals surface area contributed by atoms with Crippen LogP contribution in [0.15, 0.2) is 0 Å². The molecule has 1 heterocycles. The molecule has 2 N–H and O–H groups in total. The van der Waals surface area contributed by atoms with Gasteiger partial charge in [-0.15, -0.1) is 0 Å². The van der Waals surface area contributed by atoms with Crippen molar-refractivity contribution in [2.45, 2.75) is 64.8 Å². The Hall–Kier alpha value is -0.650. The first-order valence-corrected chi connectivity index (χ1v) is 6.92. The maximum atomic E-state index is 11.3. The number of aliphatic carboxylic acids is 1. The molecule has 0 aromatic rings. The van der Waals surface area contributed by atoms with E-state index >= 15 is 0 Å². The van der Waals surface area contributed by atoms with Crippen molar-refractivity contribution in [3.63, 3.8) is 0 Å². The van der Waals surface area contributed by atoms with Crippen LogP contribution in [0.25, 0.3) is 0 Å². The minimum Gasteiger partial charge on any atom is -0.480 e. The van der Waals surface area contributed by atoms with Crippen molar-refractivity contribution in [3.05, 3.63) is 0 Å². The smallest absolute Gasteiger partial charge is 0.322 e. The lowest BCUT2D eigenvalue weighted by molar-refractivity contribution is -0.182. The average Bonchev–Trinajstić information content (AvgIpc) is 2.09. The second-order valence-corrected chi connectivity index (χ2v) is 7.00. The van der Waals surface area contributed by atoms with Crippen LogP contribution in [-0.2, 0) is 9.53 Å². The molecule has 1 fully saturated rings. The molecule has 1 unspecified atom stereocenters. The number of rotatable bonds is 5. The topological polar surface area (TPSA) is 61.8 Å². The van der Waals surface area contributed by atoms with Gasteiger partial charge >= 0.3 is 5.97 Å². The molecule has 1 aliphatic rings. The normalized spacial score (nSPS) is 24.4. The molecule has 0 spiro atoms. The summed E-state index contributed by atoms with van der Waals surface area (Å²) in [6.07, 6.45) is 0. The van der Waals surface area contributed by atoms with Crippen LogP contribution in [0.1, 0.15) is 41.5 Å². The summed E-state index contributed by atoms with van der Waals surface area (Å²) < 4.78 is 6.01. The Bertz CT molecular complexity index is 311. The predicted octanol–water partition coefficient (Wildman–Crippen LogP) is 1.33. The number of carbonyl (C=O) groups is 1. The summed E-state index contributed by atoms with van der Waals surface area (Å²) in [5.41, 5.74) is -0.495. The molecule has 0 bridgehead atoms. The number of hydrogen-bond donors (Lipinski definition) is 2. The van der Waals surface area contributed by atoms with Gasteiger partial charge in [0.25, 0.3) is 0 Å². The Balaban J connectivity index is 2.70. The van der Waals surface area contributed by atoms with Gasteiger partial charge in [0.15, 0.2) is 0 Å². The SMILES string of the molecule is CC(C)NC(CN1CC(C)(C)OC(C)(C)C1)C(=O)O. The van der Waals surface area contributed by atoms with Crippen molar-refractivity contribution in [1.29, 1.82) is 0 Å². The van der Waals surface area contributed by atoms with E-state index in [0.717, 1.165) is 13.1 Å². The molecule has 19 heavy (non-hydrogen) atoms. The summed E-state index contributed by atoms with van der Waals surface area (Å²) in [4.78, 5) is 13.5. The molecule has 0 radical (unpaired) electrons. The highest BCUT2D eigenvalue weighted by molar-refractivity contribution is 5.73. The van der Waals surface area contributed by atoms with E-state index in [1.807, 2.05) is 41.5 Å². The van der Waals surface area contributed by atoms with Crippen LogP contribution in [0.4, 0.5) is 0 Å². The maximum Gasteiger partial charge on any atom is 0.322 e. The van der Waals surface area contributed by atoms with Crippen LogP contribution in [0.2, 0.25) is 0 Å². The lowest BCUT2D eigenvalue weighted by Gasteiger charge is -2.47. The van der Waals surface area contributed by atoms with Crippen LogP contribution in [0.3, 0.4) is 0 Å². The Morgan fingerprint density at radius 3 is 2.11 bits per heavy atom. The number of nitrogens with zero attached hydrogens (tertiary/aromatic N) is 1. The lowest BCUT2D eigenvalue weighted by atomic mass is 9.98. The van der Waals surface area contributed by atoms with Crippen LogP contribution >= 0.6 is 0 Å². The maximum absolute atomic E-state index is 11.3. The Morgan fingerprint density at radius 1 is 1.26 bits per heavy atom. The summed E-state index contributed by atoms with van der Waals surface area (Å²) in [7, 11) is 0. The molecule has 5 heteroatoms. The van der Waals surface area contributed by atoms with Crippen molar-refractivity contribution in [2.75, 3.05) is 19.6 Å². The number of nitrogens with one attached hydrogen (secondary N) is 1. The minimum atomic E-state index is -0.796. The molecule has 112 valence electrons. The molecular weight excluding hydrogens is 244 g/mol. The molecule has 1 atom stereocenters. The summed E-state index contributed by atoms with van der Waals surface area (Å²) in [6, 6.07) is -0.382. The average molecular weight is 272 g/mol. The van der Waals surface area contributed by atoms with Gasteiger partial charge in [-0.05, 0) is 27.7 Å². The predicted molar refractivity (Wildman–Crippen MR) is 75.4 cm³/mol. The minimum absolute atomic E-state index is 0.156. The molecule has 1 rings (SSSR count). The second kappa shape index (κ2) is 5.77. The Kier molecular flexibility index (Phi) is 4.98. The van der Waals surface area contributed by atoms with Crippen LogP contribution in [-0.4, -0.2) is 58.9 Å². The first kappa shape index (κ1) is 16.4. The number of hydrogen-bond acceptors (Lipinski definition) is 4. The number of carboxylic acid groups (broad SMARTS) is 1. The molecule has 0 saturated carbocycles. The van der Waals surface area contributed by atoms with Crippen LogP contribution in [0.5, 0.6) is 0 Å². The van der Waals surface area contributed by atoms with E-state index in [1.54, 1.807) is 0 Å². The van der Waals surface area contributed by atoms with E-state index in [4.69, 9.17) is 4.74 Å². The van der Waals surface area contributed by atoms with E-state index < -0.39 is 12.0 Å². The lowest BCUT2D eigenvalue weighted by Crippen LogP contribution is -2.60. The van der Waals surface area contributed by atoms with Gasteiger partial charge in [-0.3, -0.25) is 9.69 Å². The zero-order valence-electron chi connectivity index (χ0n) is 13.0. The fraction of sp³-hybridized carbons (Fsp3) is 0.929. The largest absolute Gasteiger partial charge is 0.480 e. The molecule has 1 saturated heterocycles. The molecule has 0 aromatic carbocycles. The van der Waals surface area contributed by atoms with Crippen molar-refractivity contribution in [2.24, 2.45) is 0 Å². The van der Waals surface area contributed by atoms with Crippen LogP contribution < -0.4 is 5.32 Å². The zero-order chi connectivity index (χ0) is 14.8. The first-order valence-electron chi connectivity index (χ1n) is 6.92. The van der Waals surface area contributed by atoms with Gasteiger partial charge in [-0.2, -0.15) is 0 Å². The Labute approximate surface area is 116 Å². The van der Waals surface area contributed by atoms with Crippen molar-refractivity contribution >= 4 is 5.97 Å². The summed E-state index contributed by atoms with van der Waals surface area (Å²) in [5.74, 6) is -0.796. The van der Waals surface area contributed by atoms with E-state index in [1.165, 1.54) is 0 Å². The highest BCUT2D eigenvalue weighted by atomic mass is 16.5. The number of morpholine rings is 1. The van der Waals surface area contributed by atoms with Gasteiger partial charge in [0.05, 0.1) is 11.2 Å². The molecule has 0 amide bonds. The fourth-order valence-corrected chi connectivity index (χ4v) is 2.94. The van der Waals surface area contributed by atoms with Gasteiger partial charge in [-0.1, -0.05) is 13.8 Å². The van der Waals surface area contributed by atoms with E-state index in [9.17, 15) is 9.90 Å². The van der Waals surface area contributed by atoms with Crippen molar-refractivity contribution in [3.8, 4) is 0 Å². The fourth-order valence-electron chi connectivity index (χ4n) is 2.94. The van der Waals surface area contributed by atoms with E-state index in [-0.39, 0.29) is 17.2 Å².